The van der Waals surface area contributed by atoms with Gasteiger partial charge in [-0.3, -0.25) is 4.99 Å². The maximum Gasteiger partial charge on any atom is 0.416 e. The highest BCUT2D eigenvalue weighted by molar-refractivity contribution is 14.0. The second kappa shape index (κ2) is 10.3. The number of hydrogen-bond acceptors (Lipinski definition) is 2. The van der Waals surface area contributed by atoms with Crippen LogP contribution in [-0.4, -0.2) is 19.6 Å². The number of aryl methyl sites for hydroxylation is 1. The van der Waals surface area contributed by atoms with E-state index in [0.717, 1.165) is 23.7 Å². The fourth-order valence-corrected chi connectivity index (χ4v) is 2.20. The lowest BCUT2D eigenvalue weighted by atomic mass is 10.1. The van der Waals surface area contributed by atoms with Crippen molar-refractivity contribution in [3.63, 3.8) is 0 Å². The van der Waals surface area contributed by atoms with Crippen LogP contribution in [0, 0.1) is 18.8 Å². The number of halogens is 4. The minimum atomic E-state index is -4.37. The number of aliphatic imine (C=N–C) groups is 1. The Bertz CT molecular complexity index is 834. The average molecular weight is 491 g/mol. The van der Waals surface area contributed by atoms with Gasteiger partial charge in [-0.15, -0.1) is 24.0 Å². The number of alkyl halides is 3. The molecule has 27 heavy (non-hydrogen) atoms. The highest BCUT2D eigenvalue weighted by atomic mass is 127. The van der Waals surface area contributed by atoms with E-state index >= 15 is 0 Å². The lowest BCUT2D eigenvalue weighted by Gasteiger charge is -2.15. The van der Waals surface area contributed by atoms with Crippen LogP contribution < -0.4 is 10.6 Å². The average Bonchev–Trinajstić information content (AvgIpc) is 3.03. The third-order valence-corrected chi connectivity index (χ3v) is 3.53. The van der Waals surface area contributed by atoms with E-state index in [-0.39, 0.29) is 36.6 Å². The van der Waals surface area contributed by atoms with Crippen LogP contribution in [-0.2, 0) is 6.18 Å². The highest BCUT2D eigenvalue weighted by Gasteiger charge is 2.30. The monoisotopic (exact) mass is 491 g/mol. The van der Waals surface area contributed by atoms with E-state index in [9.17, 15) is 13.2 Å². The van der Waals surface area contributed by atoms with Crippen LogP contribution in [0.5, 0.6) is 0 Å². The molecule has 4 nitrogen and oxygen atoms in total. The van der Waals surface area contributed by atoms with Crippen LogP contribution in [0.1, 0.15) is 35.6 Å². The Hall–Kier alpha value is -2.15. The van der Waals surface area contributed by atoms with Crippen molar-refractivity contribution in [3.8, 4) is 11.8 Å². The first kappa shape index (κ1) is 22.9. The molecule has 8 heteroatoms. The number of furan rings is 1. The molecule has 0 saturated heterocycles. The van der Waals surface area contributed by atoms with Gasteiger partial charge in [0.15, 0.2) is 5.96 Å². The maximum atomic E-state index is 12.7. The summed E-state index contributed by atoms with van der Waals surface area (Å²) in [5.41, 5.74) is -0.402. The van der Waals surface area contributed by atoms with Gasteiger partial charge in [0, 0.05) is 12.6 Å². The Labute approximate surface area is 173 Å². The Balaban J connectivity index is 0.00000364. The van der Waals surface area contributed by atoms with Crippen molar-refractivity contribution in [1.82, 2.24) is 10.6 Å². The summed E-state index contributed by atoms with van der Waals surface area (Å²) in [4.78, 5) is 4.09. The topological polar surface area (TPSA) is 49.6 Å². The van der Waals surface area contributed by atoms with Gasteiger partial charge >= 0.3 is 6.18 Å². The summed E-state index contributed by atoms with van der Waals surface area (Å²) in [5, 5.41) is 6.15. The molecule has 2 rings (SSSR count). The largest absolute Gasteiger partial charge is 0.464 e. The van der Waals surface area contributed by atoms with Gasteiger partial charge in [0.05, 0.1) is 18.2 Å². The minimum absolute atomic E-state index is 0. The number of benzene rings is 1. The van der Waals surface area contributed by atoms with Gasteiger partial charge in [-0.2, -0.15) is 13.2 Å². The summed E-state index contributed by atoms with van der Waals surface area (Å²) in [6.45, 7) is 4.03. The highest BCUT2D eigenvalue weighted by Crippen LogP contribution is 2.29. The first-order valence-corrected chi connectivity index (χ1v) is 7.99. The Morgan fingerprint density at radius 3 is 2.59 bits per heavy atom. The Morgan fingerprint density at radius 2 is 2.00 bits per heavy atom. The van der Waals surface area contributed by atoms with E-state index in [1.54, 1.807) is 7.05 Å². The summed E-state index contributed by atoms with van der Waals surface area (Å²) < 4.78 is 43.6. The summed E-state index contributed by atoms with van der Waals surface area (Å²) in [6, 6.07) is 8.60. The summed E-state index contributed by atoms with van der Waals surface area (Å²) in [6.07, 6.45) is -4.37. The lowest BCUT2D eigenvalue weighted by molar-refractivity contribution is -0.137. The predicted molar refractivity (Wildman–Crippen MR) is 110 cm³/mol. The predicted octanol–water partition coefficient (Wildman–Crippen LogP) is 4.50. The van der Waals surface area contributed by atoms with Gasteiger partial charge in [0.25, 0.3) is 0 Å². The van der Waals surface area contributed by atoms with E-state index in [0.29, 0.717) is 11.5 Å². The molecule has 2 N–H and O–H groups in total. The van der Waals surface area contributed by atoms with Crippen molar-refractivity contribution in [3.05, 3.63) is 59.0 Å². The van der Waals surface area contributed by atoms with Crippen molar-refractivity contribution < 1.29 is 17.6 Å². The smallest absolute Gasteiger partial charge is 0.416 e. The van der Waals surface area contributed by atoms with Crippen LogP contribution in [0.3, 0.4) is 0 Å². The van der Waals surface area contributed by atoms with Crippen LogP contribution in [0.15, 0.2) is 45.8 Å². The van der Waals surface area contributed by atoms with Crippen molar-refractivity contribution in [2.45, 2.75) is 26.1 Å². The third-order valence-electron chi connectivity index (χ3n) is 3.53. The number of rotatable bonds is 3. The van der Waals surface area contributed by atoms with E-state index in [2.05, 4.69) is 27.5 Å². The van der Waals surface area contributed by atoms with Crippen LogP contribution in [0.2, 0.25) is 0 Å². The molecule has 0 radical (unpaired) electrons. The molecule has 2 aromatic rings. The third kappa shape index (κ3) is 7.17. The SMILES string of the molecule is CN=C(NCC#Cc1cccc(C(F)(F)F)c1)NC(C)c1ccc(C)o1.I. The molecule has 0 spiro atoms. The molecule has 1 aromatic heterocycles. The molecule has 0 bridgehead atoms. The van der Waals surface area contributed by atoms with Gasteiger partial charge in [-0.25, -0.2) is 0 Å². The normalized spacial score (nSPS) is 12.4. The maximum absolute atomic E-state index is 12.7. The zero-order chi connectivity index (χ0) is 19.2. The fourth-order valence-electron chi connectivity index (χ4n) is 2.20. The molecule has 0 aliphatic rings. The second-order valence-electron chi connectivity index (χ2n) is 5.62. The van der Waals surface area contributed by atoms with Gasteiger partial charge in [0.1, 0.15) is 11.5 Å². The molecule has 1 unspecified atom stereocenters. The van der Waals surface area contributed by atoms with Gasteiger partial charge in [0.2, 0.25) is 0 Å². The molecule has 0 saturated carbocycles. The molecule has 146 valence electrons. The molecule has 1 atom stereocenters. The van der Waals surface area contributed by atoms with Gasteiger partial charge in [-0.1, -0.05) is 17.9 Å². The standard InChI is InChI=1S/C19H20F3N3O.HI/c1-13-9-10-17(26-13)14(2)25-18(23-3)24-11-5-7-15-6-4-8-16(12-15)19(20,21)22;/h4,6,8-10,12,14H,11H2,1-3H3,(H2,23,24,25);1H. The van der Waals surface area contributed by atoms with Crippen molar-refractivity contribution in [2.75, 3.05) is 13.6 Å². The van der Waals surface area contributed by atoms with E-state index in [1.165, 1.54) is 12.1 Å². The number of nitrogens with one attached hydrogen (secondary N) is 2. The molecular weight excluding hydrogens is 470 g/mol. The zero-order valence-electron chi connectivity index (χ0n) is 15.1. The molecule has 0 aliphatic heterocycles. The number of nitrogens with zero attached hydrogens (tertiary/aromatic N) is 1. The molecule has 0 fully saturated rings. The minimum Gasteiger partial charge on any atom is -0.464 e. The van der Waals surface area contributed by atoms with Gasteiger partial charge in [-0.05, 0) is 44.2 Å². The van der Waals surface area contributed by atoms with Crippen molar-refractivity contribution in [2.24, 2.45) is 4.99 Å². The molecule has 1 heterocycles. The Morgan fingerprint density at radius 1 is 1.26 bits per heavy atom. The van der Waals surface area contributed by atoms with E-state index in [4.69, 9.17) is 4.42 Å². The molecule has 0 aliphatic carbocycles. The zero-order valence-corrected chi connectivity index (χ0v) is 17.5. The summed E-state index contributed by atoms with van der Waals surface area (Å²) in [7, 11) is 1.62. The first-order valence-electron chi connectivity index (χ1n) is 7.99. The second-order valence-corrected chi connectivity index (χ2v) is 5.62. The Kier molecular flexibility index (Phi) is 8.69. The van der Waals surface area contributed by atoms with Crippen molar-refractivity contribution >= 4 is 29.9 Å². The number of guanidine groups is 1. The fraction of sp³-hybridized carbons (Fsp3) is 0.316. The summed E-state index contributed by atoms with van der Waals surface area (Å²) >= 11 is 0. The summed E-state index contributed by atoms with van der Waals surface area (Å²) in [5.74, 6) is 7.62. The van der Waals surface area contributed by atoms with Gasteiger partial charge < -0.3 is 15.1 Å². The quantitative estimate of drug-likeness (QED) is 0.288. The van der Waals surface area contributed by atoms with Crippen LogP contribution >= 0.6 is 24.0 Å². The molecule has 1 aromatic carbocycles. The van der Waals surface area contributed by atoms with Crippen LogP contribution in [0.25, 0.3) is 0 Å². The van der Waals surface area contributed by atoms with E-state index in [1.807, 2.05) is 26.0 Å². The molecule has 0 amide bonds. The molecular formula is C19H21F3IN3O. The van der Waals surface area contributed by atoms with Crippen molar-refractivity contribution in [1.29, 1.82) is 0 Å². The number of hydrogen-bond donors (Lipinski definition) is 2. The van der Waals surface area contributed by atoms with E-state index < -0.39 is 11.7 Å². The lowest BCUT2D eigenvalue weighted by Crippen LogP contribution is -2.38. The first-order chi connectivity index (χ1) is 12.3. The van der Waals surface area contributed by atoms with Crippen LogP contribution in [0.4, 0.5) is 13.2 Å².